The van der Waals surface area contributed by atoms with E-state index in [0.717, 1.165) is 31.9 Å². The highest BCUT2D eigenvalue weighted by molar-refractivity contribution is 5.94. The number of hydrogen-bond acceptors (Lipinski definition) is 7. The fourth-order valence-corrected chi connectivity index (χ4v) is 1.77. The smallest absolute Gasteiger partial charge is 0.160 e. The van der Waals surface area contributed by atoms with Gasteiger partial charge in [0, 0.05) is 26.7 Å². The molecule has 1 aromatic heterocycles. The lowest BCUT2D eigenvalue weighted by Crippen LogP contribution is -2.28. The van der Waals surface area contributed by atoms with Crippen LogP contribution in [-0.4, -0.2) is 55.6 Å². The van der Waals surface area contributed by atoms with Crippen molar-refractivity contribution in [1.82, 2.24) is 15.2 Å². The number of aromatic nitrogens is 2. The summed E-state index contributed by atoms with van der Waals surface area (Å²) in [7, 11) is 3.76. The second-order valence-corrected chi connectivity index (χ2v) is 4.39. The second-order valence-electron chi connectivity index (χ2n) is 4.39. The van der Waals surface area contributed by atoms with E-state index in [1.165, 1.54) is 0 Å². The van der Waals surface area contributed by atoms with Crippen LogP contribution in [0.4, 0.5) is 11.4 Å². The van der Waals surface area contributed by atoms with E-state index in [1.807, 2.05) is 6.07 Å². The predicted octanol–water partition coefficient (Wildman–Crippen LogP) is 0.795. The molecule has 0 bridgehead atoms. The Labute approximate surface area is 111 Å². The maximum atomic E-state index is 5.79. The highest BCUT2D eigenvalue weighted by Crippen LogP contribution is 2.24. The third-order valence-corrected chi connectivity index (χ3v) is 2.93. The van der Waals surface area contributed by atoms with E-state index in [1.54, 1.807) is 13.2 Å². The third kappa shape index (κ3) is 3.33. The largest absolute Gasteiger partial charge is 0.397 e. The standard InChI is InChI=1S/C12H19N5O2/c1-17(7-8-18-2)6-5-14-10-4-3-9(13)11-12(10)16-19-15-11/h3-4,14H,5-8,13H2,1-2H3. The van der Waals surface area contributed by atoms with Gasteiger partial charge in [0.05, 0.1) is 18.0 Å². The SMILES string of the molecule is COCCN(C)CCNc1ccc(N)c2nonc12. The molecular weight excluding hydrogens is 246 g/mol. The van der Waals surface area contributed by atoms with Gasteiger partial charge in [0.2, 0.25) is 0 Å². The van der Waals surface area contributed by atoms with E-state index in [2.05, 4.69) is 27.6 Å². The van der Waals surface area contributed by atoms with Gasteiger partial charge in [0.1, 0.15) is 0 Å². The van der Waals surface area contributed by atoms with Crippen LogP contribution in [0.25, 0.3) is 11.0 Å². The average molecular weight is 265 g/mol. The second kappa shape index (κ2) is 6.35. The van der Waals surface area contributed by atoms with Crippen molar-refractivity contribution in [3.8, 4) is 0 Å². The molecule has 0 aliphatic carbocycles. The Hall–Kier alpha value is -1.86. The van der Waals surface area contributed by atoms with Gasteiger partial charge in [-0.2, -0.15) is 0 Å². The zero-order valence-corrected chi connectivity index (χ0v) is 11.2. The molecule has 1 heterocycles. The summed E-state index contributed by atoms with van der Waals surface area (Å²) in [6, 6.07) is 3.68. The summed E-state index contributed by atoms with van der Waals surface area (Å²) in [5.74, 6) is 0. The molecule has 2 rings (SSSR count). The average Bonchev–Trinajstić information content (AvgIpc) is 2.89. The maximum absolute atomic E-state index is 5.79. The van der Waals surface area contributed by atoms with Gasteiger partial charge in [-0.05, 0) is 29.5 Å². The molecule has 19 heavy (non-hydrogen) atoms. The minimum absolute atomic E-state index is 0.569. The minimum atomic E-state index is 0.569. The van der Waals surface area contributed by atoms with Gasteiger partial charge in [-0.3, -0.25) is 0 Å². The molecule has 0 fully saturated rings. The van der Waals surface area contributed by atoms with Crippen molar-refractivity contribution in [2.24, 2.45) is 0 Å². The van der Waals surface area contributed by atoms with E-state index >= 15 is 0 Å². The molecular formula is C12H19N5O2. The molecule has 2 aromatic rings. The Morgan fingerprint density at radius 3 is 2.89 bits per heavy atom. The van der Waals surface area contributed by atoms with Crippen LogP contribution >= 0.6 is 0 Å². The zero-order chi connectivity index (χ0) is 13.7. The first-order valence-corrected chi connectivity index (χ1v) is 6.14. The molecule has 0 saturated heterocycles. The van der Waals surface area contributed by atoms with Crippen LogP contribution in [-0.2, 0) is 4.74 Å². The van der Waals surface area contributed by atoms with Gasteiger partial charge >= 0.3 is 0 Å². The third-order valence-electron chi connectivity index (χ3n) is 2.93. The number of rotatable bonds is 7. The Kier molecular flexibility index (Phi) is 4.53. The van der Waals surface area contributed by atoms with Gasteiger partial charge in [-0.1, -0.05) is 0 Å². The van der Waals surface area contributed by atoms with Crippen LogP contribution in [0.1, 0.15) is 0 Å². The van der Waals surface area contributed by atoms with Crippen molar-refractivity contribution in [2.75, 3.05) is 51.4 Å². The number of hydrogen-bond donors (Lipinski definition) is 2. The van der Waals surface area contributed by atoms with Gasteiger partial charge in [0.15, 0.2) is 11.0 Å². The van der Waals surface area contributed by atoms with Crippen LogP contribution in [0, 0.1) is 0 Å². The number of benzene rings is 1. The number of likely N-dealkylation sites (N-methyl/N-ethyl adjacent to an activating group) is 1. The fourth-order valence-electron chi connectivity index (χ4n) is 1.77. The van der Waals surface area contributed by atoms with E-state index in [-0.39, 0.29) is 0 Å². The minimum Gasteiger partial charge on any atom is -0.397 e. The normalized spacial score (nSPS) is 11.3. The molecule has 7 nitrogen and oxygen atoms in total. The molecule has 0 saturated carbocycles. The van der Waals surface area contributed by atoms with Crippen LogP contribution in [0.5, 0.6) is 0 Å². The van der Waals surface area contributed by atoms with E-state index in [4.69, 9.17) is 15.1 Å². The number of nitrogens with two attached hydrogens (primary N) is 1. The van der Waals surface area contributed by atoms with Crippen LogP contribution < -0.4 is 11.1 Å². The first kappa shape index (κ1) is 13.6. The first-order chi connectivity index (χ1) is 9.22. The quantitative estimate of drug-likeness (QED) is 0.715. The highest BCUT2D eigenvalue weighted by atomic mass is 16.6. The van der Waals surface area contributed by atoms with Crippen molar-refractivity contribution in [1.29, 1.82) is 0 Å². The molecule has 0 spiro atoms. The number of fused-ring (bicyclic) bond motifs is 1. The molecule has 0 aliphatic rings. The number of methoxy groups -OCH3 is 1. The van der Waals surface area contributed by atoms with Gasteiger partial charge in [-0.15, -0.1) is 0 Å². The number of ether oxygens (including phenoxy) is 1. The lowest BCUT2D eigenvalue weighted by Gasteiger charge is -2.16. The summed E-state index contributed by atoms with van der Waals surface area (Å²) >= 11 is 0. The summed E-state index contributed by atoms with van der Waals surface area (Å²) in [5, 5.41) is 11.0. The molecule has 104 valence electrons. The van der Waals surface area contributed by atoms with Gasteiger partial charge in [0.25, 0.3) is 0 Å². The molecule has 0 unspecified atom stereocenters. The van der Waals surface area contributed by atoms with Crippen LogP contribution in [0.3, 0.4) is 0 Å². The van der Waals surface area contributed by atoms with Gasteiger partial charge in [-0.25, -0.2) is 4.63 Å². The maximum Gasteiger partial charge on any atom is 0.160 e. The number of nitrogens with zero attached hydrogens (tertiary/aromatic N) is 3. The summed E-state index contributed by atoms with van der Waals surface area (Å²) < 4.78 is 9.75. The number of anilines is 2. The molecule has 7 heteroatoms. The summed E-state index contributed by atoms with van der Waals surface area (Å²) in [4.78, 5) is 2.19. The monoisotopic (exact) mass is 265 g/mol. The summed E-state index contributed by atoms with van der Waals surface area (Å²) in [5.41, 5.74) is 8.50. The Morgan fingerprint density at radius 1 is 1.32 bits per heavy atom. The van der Waals surface area contributed by atoms with Crippen molar-refractivity contribution in [3.63, 3.8) is 0 Å². The molecule has 0 aliphatic heterocycles. The topological polar surface area (TPSA) is 89.4 Å². The van der Waals surface area contributed by atoms with Crippen molar-refractivity contribution in [2.45, 2.75) is 0 Å². The lowest BCUT2D eigenvalue weighted by atomic mass is 10.2. The van der Waals surface area contributed by atoms with E-state index in [9.17, 15) is 0 Å². The molecule has 3 N–H and O–H groups in total. The molecule has 0 atom stereocenters. The lowest BCUT2D eigenvalue weighted by molar-refractivity contribution is 0.163. The van der Waals surface area contributed by atoms with Crippen molar-refractivity contribution >= 4 is 22.4 Å². The Morgan fingerprint density at radius 2 is 2.11 bits per heavy atom. The number of nitrogens with one attached hydrogen (secondary N) is 1. The van der Waals surface area contributed by atoms with Crippen molar-refractivity contribution in [3.05, 3.63) is 12.1 Å². The zero-order valence-electron chi connectivity index (χ0n) is 11.2. The summed E-state index contributed by atoms with van der Waals surface area (Å²) in [6.07, 6.45) is 0. The molecule has 1 aromatic carbocycles. The first-order valence-electron chi connectivity index (χ1n) is 6.14. The summed E-state index contributed by atoms with van der Waals surface area (Å²) in [6.45, 7) is 3.34. The van der Waals surface area contributed by atoms with Crippen molar-refractivity contribution < 1.29 is 9.37 Å². The molecule has 0 amide bonds. The fraction of sp³-hybridized carbons (Fsp3) is 0.500. The molecule has 0 radical (unpaired) electrons. The van der Waals surface area contributed by atoms with Crippen LogP contribution in [0.2, 0.25) is 0 Å². The van der Waals surface area contributed by atoms with Crippen LogP contribution in [0.15, 0.2) is 16.8 Å². The Balaban J connectivity index is 1.91. The Bertz CT molecular complexity index is 528. The van der Waals surface area contributed by atoms with Gasteiger partial charge < -0.3 is 20.7 Å². The van der Waals surface area contributed by atoms with E-state index < -0.39 is 0 Å². The van der Waals surface area contributed by atoms with E-state index in [0.29, 0.717) is 16.7 Å². The predicted molar refractivity (Wildman–Crippen MR) is 74.1 cm³/mol. The number of nitrogen functional groups attached to an aromatic ring is 1. The highest BCUT2D eigenvalue weighted by Gasteiger charge is 2.09.